The zero-order chi connectivity index (χ0) is 21.8. The molecule has 3 atom stereocenters. The first-order valence-corrected chi connectivity index (χ1v) is 11.6. The molecule has 0 bridgehead atoms. The number of ether oxygens (including phenoxy) is 1. The van der Waals surface area contributed by atoms with Crippen LogP contribution in [-0.2, 0) is 11.2 Å². The molecule has 0 saturated heterocycles. The van der Waals surface area contributed by atoms with Crippen LogP contribution >= 0.6 is 34.5 Å². The normalized spacial score (nSPS) is 20.9. The van der Waals surface area contributed by atoms with Gasteiger partial charge in [0.2, 0.25) is 0 Å². The molecule has 0 aliphatic heterocycles. The minimum atomic E-state index is -0.783. The molecule has 1 aliphatic rings. The molecule has 1 aromatic carbocycles. The second-order valence-corrected chi connectivity index (χ2v) is 9.15. The van der Waals surface area contributed by atoms with Gasteiger partial charge in [-0.15, -0.1) is 11.3 Å². The zero-order valence-corrected chi connectivity index (χ0v) is 18.8. The van der Waals surface area contributed by atoms with Crippen molar-refractivity contribution < 1.29 is 14.6 Å². The maximum absolute atomic E-state index is 11.9. The van der Waals surface area contributed by atoms with Crippen LogP contribution in [0.1, 0.15) is 25.0 Å². The highest BCUT2D eigenvalue weighted by Gasteiger charge is 2.36. The summed E-state index contributed by atoms with van der Waals surface area (Å²) >= 11 is 13.9. The van der Waals surface area contributed by atoms with Gasteiger partial charge in [0.05, 0.1) is 28.4 Å². The Morgan fingerprint density at radius 1 is 1.19 bits per heavy atom. The Balaban J connectivity index is 1.52. The third kappa shape index (κ3) is 5.29. The molecule has 0 amide bonds. The van der Waals surface area contributed by atoms with Crippen LogP contribution in [0.5, 0.6) is 5.75 Å². The number of pyridine rings is 1. The number of thiazole rings is 1. The molecule has 6 nitrogen and oxygen atoms in total. The molecule has 1 saturated carbocycles. The van der Waals surface area contributed by atoms with E-state index >= 15 is 0 Å². The monoisotopic (exact) mass is 477 g/mol. The van der Waals surface area contributed by atoms with Gasteiger partial charge in [-0.25, -0.2) is 4.98 Å². The van der Waals surface area contributed by atoms with Crippen LogP contribution in [0.4, 0.5) is 10.8 Å². The number of hydrogen-bond donors (Lipinski definition) is 2. The van der Waals surface area contributed by atoms with E-state index in [2.05, 4.69) is 15.3 Å². The molecule has 4 rings (SSSR count). The van der Waals surface area contributed by atoms with Crippen molar-refractivity contribution >= 4 is 51.3 Å². The standard InChI is InChI=1S/C22H21Cl2N3O3S/c23-16-3-1-5-19(20(16)24)30-14-6-7-15(21(28)29)13(11-14)12-18-17(4-2-8-25-18)27-22-26-9-10-31-22/h1-5,8-10,13-15H,6-7,11-12H2,(H,26,27)(H,28,29)/t13?,14-,15-/m0/s1. The van der Waals surface area contributed by atoms with Gasteiger partial charge in [0.15, 0.2) is 5.13 Å². The molecule has 31 heavy (non-hydrogen) atoms. The molecular formula is C22H21Cl2N3O3S. The van der Waals surface area contributed by atoms with Gasteiger partial charge in [-0.2, -0.15) is 0 Å². The summed E-state index contributed by atoms with van der Waals surface area (Å²) in [6, 6.07) is 9.05. The molecule has 2 aromatic heterocycles. The molecule has 3 aromatic rings. The van der Waals surface area contributed by atoms with E-state index in [0.717, 1.165) is 16.5 Å². The van der Waals surface area contributed by atoms with E-state index in [1.807, 2.05) is 17.5 Å². The summed E-state index contributed by atoms with van der Waals surface area (Å²) in [5.74, 6) is -0.837. The SMILES string of the molecule is O=C(O)[C@H]1CC[C@H](Oc2cccc(Cl)c2Cl)CC1Cc1ncccc1Nc1nccs1. The van der Waals surface area contributed by atoms with E-state index < -0.39 is 11.9 Å². The van der Waals surface area contributed by atoms with Gasteiger partial charge < -0.3 is 15.2 Å². The van der Waals surface area contributed by atoms with Gasteiger partial charge >= 0.3 is 5.97 Å². The number of benzene rings is 1. The number of halogens is 2. The third-order valence-corrected chi connectivity index (χ3v) is 6.97. The molecule has 2 heterocycles. The Morgan fingerprint density at radius 2 is 2.06 bits per heavy atom. The minimum absolute atomic E-state index is 0.124. The highest BCUT2D eigenvalue weighted by Crippen LogP contribution is 2.38. The van der Waals surface area contributed by atoms with Crippen LogP contribution in [0.2, 0.25) is 10.0 Å². The number of carboxylic acid groups (broad SMARTS) is 1. The van der Waals surface area contributed by atoms with Gasteiger partial charge in [0, 0.05) is 17.8 Å². The fraction of sp³-hybridized carbons (Fsp3) is 0.318. The van der Waals surface area contributed by atoms with Crippen molar-refractivity contribution in [3.8, 4) is 5.75 Å². The van der Waals surface area contributed by atoms with Crippen molar-refractivity contribution in [2.45, 2.75) is 31.8 Å². The summed E-state index contributed by atoms with van der Waals surface area (Å²) in [5.41, 5.74) is 1.65. The summed E-state index contributed by atoms with van der Waals surface area (Å²) in [6.07, 6.45) is 5.60. The van der Waals surface area contributed by atoms with Crippen molar-refractivity contribution in [1.82, 2.24) is 9.97 Å². The molecule has 0 spiro atoms. The van der Waals surface area contributed by atoms with Crippen LogP contribution in [-0.4, -0.2) is 27.1 Å². The third-order valence-electron chi connectivity index (χ3n) is 5.48. The first-order chi connectivity index (χ1) is 15.0. The summed E-state index contributed by atoms with van der Waals surface area (Å²) in [5, 5.41) is 16.5. The summed E-state index contributed by atoms with van der Waals surface area (Å²) in [7, 11) is 0. The average molecular weight is 478 g/mol. The first kappa shape index (κ1) is 21.9. The number of aliphatic carboxylic acids is 1. The molecule has 9 heteroatoms. The van der Waals surface area contributed by atoms with Crippen LogP contribution in [0, 0.1) is 11.8 Å². The van der Waals surface area contributed by atoms with Crippen molar-refractivity contribution in [1.29, 1.82) is 0 Å². The van der Waals surface area contributed by atoms with Crippen LogP contribution in [0.3, 0.4) is 0 Å². The van der Waals surface area contributed by atoms with E-state index in [0.29, 0.717) is 41.5 Å². The maximum atomic E-state index is 11.9. The van der Waals surface area contributed by atoms with E-state index in [9.17, 15) is 9.90 Å². The number of hydrogen-bond acceptors (Lipinski definition) is 6. The van der Waals surface area contributed by atoms with E-state index in [1.54, 1.807) is 30.6 Å². The highest BCUT2D eigenvalue weighted by molar-refractivity contribution is 7.13. The fourth-order valence-electron chi connectivity index (χ4n) is 4.00. The smallest absolute Gasteiger partial charge is 0.306 e. The van der Waals surface area contributed by atoms with Crippen LogP contribution < -0.4 is 10.1 Å². The molecule has 2 N–H and O–H groups in total. The predicted molar refractivity (Wildman–Crippen MR) is 123 cm³/mol. The van der Waals surface area contributed by atoms with Crippen molar-refractivity contribution in [2.75, 3.05) is 5.32 Å². The number of carbonyl (C=O) groups is 1. The Labute approximate surface area is 194 Å². The van der Waals surface area contributed by atoms with E-state index in [4.69, 9.17) is 27.9 Å². The largest absolute Gasteiger partial charge is 0.489 e. The number of aromatic nitrogens is 2. The molecule has 1 fully saturated rings. The summed E-state index contributed by atoms with van der Waals surface area (Å²) in [4.78, 5) is 20.7. The van der Waals surface area contributed by atoms with Gasteiger partial charge in [-0.3, -0.25) is 9.78 Å². The Hall–Kier alpha value is -2.35. The quantitative estimate of drug-likeness (QED) is 0.428. The van der Waals surface area contributed by atoms with E-state index in [-0.39, 0.29) is 12.0 Å². The Kier molecular flexibility index (Phi) is 6.95. The molecule has 0 radical (unpaired) electrons. The number of nitrogens with zero attached hydrogens (tertiary/aromatic N) is 2. The summed E-state index contributed by atoms with van der Waals surface area (Å²) < 4.78 is 6.12. The predicted octanol–water partition coefficient (Wildman–Crippen LogP) is 6.08. The fourth-order valence-corrected chi connectivity index (χ4v) is 4.87. The first-order valence-electron chi connectivity index (χ1n) is 9.95. The Morgan fingerprint density at radius 3 is 2.84 bits per heavy atom. The van der Waals surface area contributed by atoms with Gasteiger partial charge in [-0.1, -0.05) is 29.3 Å². The highest BCUT2D eigenvalue weighted by atomic mass is 35.5. The summed E-state index contributed by atoms with van der Waals surface area (Å²) in [6.45, 7) is 0. The minimum Gasteiger partial charge on any atom is -0.489 e. The molecular weight excluding hydrogens is 457 g/mol. The lowest BCUT2D eigenvalue weighted by Crippen LogP contribution is -2.36. The molecule has 1 aliphatic carbocycles. The lowest BCUT2D eigenvalue weighted by molar-refractivity contribution is -0.145. The average Bonchev–Trinajstić information content (AvgIpc) is 3.26. The number of carboxylic acids is 1. The number of rotatable bonds is 7. The second kappa shape index (κ2) is 9.85. The van der Waals surface area contributed by atoms with Crippen molar-refractivity contribution in [2.24, 2.45) is 11.8 Å². The number of anilines is 2. The van der Waals surface area contributed by atoms with Crippen LogP contribution in [0.25, 0.3) is 0 Å². The zero-order valence-electron chi connectivity index (χ0n) is 16.5. The van der Waals surface area contributed by atoms with Gasteiger partial charge in [-0.05, 0) is 55.9 Å². The topological polar surface area (TPSA) is 84.3 Å². The Bertz CT molecular complexity index is 1050. The van der Waals surface area contributed by atoms with Gasteiger partial charge in [0.25, 0.3) is 0 Å². The van der Waals surface area contributed by atoms with Crippen LogP contribution in [0.15, 0.2) is 48.1 Å². The second-order valence-electron chi connectivity index (χ2n) is 7.47. The molecule has 1 unspecified atom stereocenters. The number of nitrogens with one attached hydrogen (secondary N) is 1. The van der Waals surface area contributed by atoms with Crippen molar-refractivity contribution in [3.05, 3.63) is 63.8 Å². The van der Waals surface area contributed by atoms with Crippen molar-refractivity contribution in [3.63, 3.8) is 0 Å². The lowest BCUT2D eigenvalue weighted by atomic mass is 9.75. The maximum Gasteiger partial charge on any atom is 0.306 e. The van der Waals surface area contributed by atoms with Gasteiger partial charge in [0.1, 0.15) is 10.8 Å². The molecule has 162 valence electrons. The van der Waals surface area contributed by atoms with E-state index in [1.165, 1.54) is 11.3 Å². The lowest BCUT2D eigenvalue weighted by Gasteiger charge is -2.34.